The van der Waals surface area contributed by atoms with Gasteiger partial charge in [-0.2, -0.15) is 0 Å². The number of nitrogen functional groups attached to an aromatic ring is 1. The maximum atomic E-state index is 11.2. The first-order valence-corrected chi connectivity index (χ1v) is 20.9. The highest BCUT2D eigenvalue weighted by Gasteiger charge is 2.17. The van der Waals surface area contributed by atoms with E-state index in [9.17, 15) is 9.59 Å². The number of carbonyl (C=O) groups is 2. The molecule has 2 fully saturated rings. The molecule has 2 saturated heterocycles. The zero-order valence-corrected chi connectivity index (χ0v) is 37.5. The van der Waals surface area contributed by atoms with Crippen molar-refractivity contribution < 1.29 is 28.5 Å². The average molecular weight is 897 g/mol. The summed E-state index contributed by atoms with van der Waals surface area (Å²) >= 11 is 5.72. The molecule has 334 valence electrons. The van der Waals surface area contributed by atoms with Crippen molar-refractivity contribution in [3.8, 4) is 34.0 Å². The van der Waals surface area contributed by atoms with Gasteiger partial charge < -0.3 is 50.4 Å². The Labute approximate surface area is 387 Å². The molecule has 4 aromatic carbocycles. The van der Waals surface area contributed by atoms with E-state index in [0.717, 1.165) is 121 Å². The number of aromatic nitrogens is 4. The molecule has 0 saturated carbocycles. The Morgan fingerprint density at radius 1 is 0.631 bits per heavy atom. The first-order valence-electron chi connectivity index (χ1n) is 20.5. The highest BCUT2D eigenvalue weighted by molar-refractivity contribution is 6.75. The number of benzene rings is 4. The number of nitrogens with zero attached hydrogens (tertiary/aromatic N) is 6. The standard InChI is InChI=1S/C23H25N5O3.C12H10ClN3O.C11H16N2O2.B2/c1-16(29)25-18-5-3-17(4-6-18)20-9-10-24-23(27-20)26-19-7-8-21(22(15-19)30-2)28-11-13-31-14-12-28;1-8(17)15-10-4-2-9(3-5-10)11-6-7-14-12(13)16-11;1-14-11-8-9(12)2-3-10(11)13-4-6-15-7-5-13;1-2/h3-10,15H,11-14H2,1-2H3,(H,25,29)(H,24,26,27);2-7H,1H3,(H,15,17);2-3,8H,4-7,12H2,1H3;. The number of methoxy groups -OCH3 is 2. The van der Waals surface area contributed by atoms with Crippen LogP contribution in [0.15, 0.2) is 109 Å². The third-order valence-corrected chi connectivity index (χ3v) is 9.81. The molecule has 2 amide bonds. The Kier molecular flexibility index (Phi) is 19.2. The van der Waals surface area contributed by atoms with Crippen LogP contribution >= 0.6 is 11.6 Å². The van der Waals surface area contributed by atoms with E-state index in [-0.39, 0.29) is 17.1 Å². The second kappa shape index (κ2) is 25.4. The quantitative estimate of drug-likeness (QED) is 0.0638. The van der Waals surface area contributed by atoms with Gasteiger partial charge in [-0.05, 0) is 72.3 Å². The lowest BCUT2D eigenvalue weighted by Gasteiger charge is -2.30. The first kappa shape index (κ1) is 49.1. The number of morpholine rings is 2. The van der Waals surface area contributed by atoms with Gasteiger partial charge in [0.25, 0.3) is 0 Å². The molecule has 16 nitrogen and oxygen atoms in total. The summed E-state index contributed by atoms with van der Waals surface area (Å²) in [4.78, 5) is 43.4. The molecular formula is C46H51B2ClN10O6. The molecule has 4 radical (unpaired) electrons. The molecule has 4 heterocycles. The van der Waals surface area contributed by atoms with Gasteiger partial charge in [-0.1, -0.05) is 24.3 Å². The van der Waals surface area contributed by atoms with E-state index in [2.05, 4.69) is 61.2 Å². The maximum absolute atomic E-state index is 11.2. The van der Waals surface area contributed by atoms with Crippen molar-refractivity contribution in [2.24, 2.45) is 0 Å². The maximum Gasteiger partial charge on any atom is 0.227 e. The monoisotopic (exact) mass is 896 g/mol. The lowest BCUT2D eigenvalue weighted by Crippen LogP contribution is -2.36. The minimum atomic E-state index is -0.101. The van der Waals surface area contributed by atoms with E-state index in [1.165, 1.54) is 13.8 Å². The molecular weight excluding hydrogens is 846 g/mol. The number of halogens is 1. The van der Waals surface area contributed by atoms with Crippen LogP contribution in [-0.2, 0) is 19.1 Å². The van der Waals surface area contributed by atoms with Gasteiger partial charge in [-0.15, -0.1) is 0 Å². The van der Waals surface area contributed by atoms with Gasteiger partial charge in [0.05, 0.1) is 63.4 Å². The third-order valence-electron chi connectivity index (χ3n) is 9.63. The Hall–Kier alpha value is -6.88. The Balaban J connectivity index is 0.000000197. The molecule has 65 heavy (non-hydrogen) atoms. The first-order chi connectivity index (χ1) is 31.6. The molecule has 0 aliphatic carbocycles. The molecule has 6 aromatic rings. The smallest absolute Gasteiger partial charge is 0.227 e. The third kappa shape index (κ3) is 15.1. The second-order valence-corrected chi connectivity index (χ2v) is 14.5. The molecule has 8 rings (SSSR count). The normalized spacial score (nSPS) is 12.9. The fourth-order valence-electron chi connectivity index (χ4n) is 6.64. The molecule has 2 aromatic heterocycles. The van der Waals surface area contributed by atoms with Crippen molar-refractivity contribution in [2.45, 2.75) is 13.8 Å². The number of anilines is 7. The second-order valence-electron chi connectivity index (χ2n) is 14.1. The lowest BCUT2D eigenvalue weighted by molar-refractivity contribution is -0.115. The van der Waals surface area contributed by atoms with E-state index < -0.39 is 0 Å². The van der Waals surface area contributed by atoms with Gasteiger partial charge >= 0.3 is 0 Å². The molecule has 2 aliphatic rings. The minimum absolute atomic E-state index is 0.0946. The van der Waals surface area contributed by atoms with Gasteiger partial charge in [0, 0.05) is 114 Å². The molecule has 0 spiro atoms. The Morgan fingerprint density at radius 2 is 1.08 bits per heavy atom. The summed E-state index contributed by atoms with van der Waals surface area (Å²) in [5.41, 5.74) is 14.3. The largest absolute Gasteiger partial charge is 0.495 e. The van der Waals surface area contributed by atoms with E-state index in [1.54, 1.807) is 32.7 Å². The number of ether oxygens (including phenoxy) is 4. The van der Waals surface area contributed by atoms with Crippen LogP contribution in [0, 0.1) is 0 Å². The molecule has 0 unspecified atom stereocenters. The Morgan fingerprint density at radius 3 is 1.55 bits per heavy atom. The number of carbonyl (C=O) groups excluding carboxylic acids is 2. The molecule has 2 aliphatic heterocycles. The summed E-state index contributed by atoms with van der Waals surface area (Å²) in [6, 6.07) is 30.2. The van der Waals surface area contributed by atoms with Crippen molar-refractivity contribution in [2.75, 3.05) is 98.3 Å². The highest BCUT2D eigenvalue weighted by Crippen LogP contribution is 2.33. The zero-order valence-electron chi connectivity index (χ0n) is 36.8. The van der Waals surface area contributed by atoms with Crippen LogP contribution in [0.5, 0.6) is 11.5 Å². The number of nitrogens with one attached hydrogen (secondary N) is 3. The fraction of sp³-hybridized carbons (Fsp3) is 0.261. The minimum Gasteiger partial charge on any atom is -0.495 e. The summed E-state index contributed by atoms with van der Waals surface area (Å²) in [5.74, 6) is 1.91. The summed E-state index contributed by atoms with van der Waals surface area (Å²) in [6.45, 7) is 9.42. The summed E-state index contributed by atoms with van der Waals surface area (Å²) in [7, 11) is 11.3. The zero-order chi connectivity index (χ0) is 46.6. The van der Waals surface area contributed by atoms with E-state index in [1.807, 2.05) is 91.0 Å². The molecule has 19 heteroatoms. The summed E-state index contributed by atoms with van der Waals surface area (Å²) in [6.07, 6.45) is 3.32. The van der Waals surface area contributed by atoms with Crippen LogP contribution < -0.4 is 41.0 Å². The fourth-order valence-corrected chi connectivity index (χ4v) is 6.79. The highest BCUT2D eigenvalue weighted by atomic mass is 35.5. The van der Waals surface area contributed by atoms with Crippen LogP contribution in [0.25, 0.3) is 22.5 Å². The van der Waals surface area contributed by atoms with Crippen LogP contribution in [0.1, 0.15) is 13.8 Å². The number of hydrogen-bond donors (Lipinski definition) is 4. The van der Waals surface area contributed by atoms with Crippen LogP contribution in [-0.4, -0.2) is 114 Å². The number of hydrogen-bond acceptors (Lipinski definition) is 14. The van der Waals surface area contributed by atoms with Crippen molar-refractivity contribution in [1.82, 2.24) is 19.9 Å². The lowest BCUT2D eigenvalue weighted by atomic mass is 9.81. The van der Waals surface area contributed by atoms with Gasteiger partial charge in [0.2, 0.25) is 23.0 Å². The van der Waals surface area contributed by atoms with Gasteiger partial charge in [0.1, 0.15) is 11.5 Å². The van der Waals surface area contributed by atoms with Crippen molar-refractivity contribution in [1.29, 1.82) is 0 Å². The van der Waals surface area contributed by atoms with Crippen LogP contribution in [0.3, 0.4) is 0 Å². The van der Waals surface area contributed by atoms with Gasteiger partial charge in [0.15, 0.2) is 0 Å². The number of nitrogens with two attached hydrogens (primary N) is 1. The Bertz CT molecular complexity index is 2440. The summed E-state index contributed by atoms with van der Waals surface area (Å²) < 4.78 is 21.7. The van der Waals surface area contributed by atoms with Crippen LogP contribution in [0.2, 0.25) is 5.28 Å². The summed E-state index contributed by atoms with van der Waals surface area (Å²) in [5, 5.41) is 8.93. The van der Waals surface area contributed by atoms with E-state index in [4.69, 9.17) is 36.3 Å². The topological polar surface area (TPSA) is 191 Å². The van der Waals surface area contributed by atoms with Gasteiger partial charge in [-0.3, -0.25) is 9.59 Å². The van der Waals surface area contributed by atoms with Gasteiger partial charge in [-0.25, -0.2) is 19.9 Å². The van der Waals surface area contributed by atoms with Crippen LogP contribution in [0.4, 0.5) is 40.1 Å². The number of rotatable bonds is 10. The predicted molar refractivity (Wildman–Crippen MR) is 260 cm³/mol. The van der Waals surface area contributed by atoms with Crippen molar-refractivity contribution in [3.05, 3.63) is 115 Å². The predicted octanol–water partition coefficient (Wildman–Crippen LogP) is 6.80. The molecule has 0 bridgehead atoms. The van der Waals surface area contributed by atoms with Crippen molar-refractivity contribution in [3.63, 3.8) is 0 Å². The average Bonchev–Trinajstić information content (AvgIpc) is 3.33. The van der Waals surface area contributed by atoms with Crippen molar-refractivity contribution >= 4 is 79.0 Å². The SMILES string of the molecule is CC(=O)Nc1ccc(-c2ccnc(Cl)n2)cc1.COc1cc(N)ccc1N1CCOCC1.COc1cc(Nc2nccc(-c3ccc(NC(C)=O)cc3)n2)ccc1N1CCOCC1.[B][B]. The molecule has 5 N–H and O–H groups in total. The van der Waals surface area contributed by atoms with E-state index >= 15 is 0 Å². The molecule has 0 atom stereocenters. The van der Waals surface area contributed by atoms with E-state index in [0.29, 0.717) is 5.95 Å². The number of amides is 2.